The number of carboxylic acid groups (broad SMARTS) is 1. The van der Waals surface area contributed by atoms with E-state index in [4.69, 9.17) is 21.4 Å². The van der Waals surface area contributed by atoms with Crippen LogP contribution in [0.5, 0.6) is 5.75 Å². The Morgan fingerprint density at radius 2 is 2.06 bits per heavy atom. The van der Waals surface area contributed by atoms with Crippen molar-refractivity contribution < 1.29 is 27.9 Å². The molecule has 162 valence electrons. The summed E-state index contributed by atoms with van der Waals surface area (Å²) in [6.45, 7) is 1.23. The van der Waals surface area contributed by atoms with Crippen molar-refractivity contribution >= 4 is 45.0 Å². The fraction of sp³-hybridized carbons (Fsp3) is 0.211. The highest BCUT2D eigenvalue weighted by atomic mass is 35.5. The summed E-state index contributed by atoms with van der Waals surface area (Å²) in [5.41, 5.74) is 0.246. The van der Waals surface area contributed by atoms with Gasteiger partial charge in [0.05, 0.1) is 34.3 Å². The highest BCUT2D eigenvalue weighted by molar-refractivity contribution is 7.92. The molecule has 0 saturated heterocycles. The average Bonchev–Trinajstić information content (AvgIpc) is 2.71. The standard InChI is InChI=1S/C19H17ClN4O6S/c1-11(25)22-9-14-10-24(17-7-13(23-19(26)27)2-5-18(17)30-14)31(28,29)15-3-4-16(20)12(6-15)8-21/h2-7,14,23H,9-10H2,1H3,(H,22,25)(H,26,27). The first-order valence-electron chi connectivity index (χ1n) is 8.89. The Morgan fingerprint density at radius 1 is 1.32 bits per heavy atom. The van der Waals surface area contributed by atoms with Gasteiger partial charge >= 0.3 is 6.09 Å². The van der Waals surface area contributed by atoms with Gasteiger partial charge in [-0.05, 0) is 36.4 Å². The maximum atomic E-state index is 13.4. The summed E-state index contributed by atoms with van der Waals surface area (Å²) in [7, 11) is -4.19. The lowest BCUT2D eigenvalue weighted by atomic mass is 10.2. The molecule has 0 aromatic heterocycles. The van der Waals surface area contributed by atoms with Crippen molar-refractivity contribution in [1.82, 2.24) is 5.32 Å². The first kappa shape index (κ1) is 22.2. The van der Waals surface area contributed by atoms with Crippen LogP contribution in [0.4, 0.5) is 16.2 Å². The molecular weight excluding hydrogens is 448 g/mol. The summed E-state index contributed by atoms with van der Waals surface area (Å²) in [5.74, 6) is -0.114. The summed E-state index contributed by atoms with van der Waals surface area (Å²) in [6.07, 6.45) is -2.02. The second kappa shape index (κ2) is 8.71. The number of benzene rings is 2. The Bertz CT molecular complexity index is 1190. The molecule has 3 N–H and O–H groups in total. The zero-order valence-corrected chi connectivity index (χ0v) is 17.7. The lowest BCUT2D eigenvalue weighted by Gasteiger charge is -2.35. The maximum absolute atomic E-state index is 13.4. The molecule has 0 radical (unpaired) electrons. The first-order valence-corrected chi connectivity index (χ1v) is 10.7. The molecule has 0 bridgehead atoms. The minimum Gasteiger partial charge on any atom is -0.484 e. The summed E-state index contributed by atoms with van der Waals surface area (Å²) in [5, 5.41) is 23.0. The number of anilines is 2. The number of amides is 2. The SMILES string of the molecule is CC(=O)NCC1CN(S(=O)(=O)c2ccc(Cl)c(C#N)c2)c2cc(NC(=O)O)ccc2O1. The van der Waals surface area contributed by atoms with Gasteiger partial charge in [0.2, 0.25) is 5.91 Å². The van der Waals surface area contributed by atoms with Crippen molar-refractivity contribution in [3.63, 3.8) is 0 Å². The third-order valence-electron chi connectivity index (χ3n) is 4.37. The molecule has 31 heavy (non-hydrogen) atoms. The largest absolute Gasteiger partial charge is 0.484 e. The molecule has 1 aliphatic heterocycles. The van der Waals surface area contributed by atoms with Crippen LogP contribution in [0.3, 0.4) is 0 Å². The molecule has 0 aliphatic carbocycles. The smallest absolute Gasteiger partial charge is 0.409 e. The monoisotopic (exact) mass is 464 g/mol. The zero-order valence-electron chi connectivity index (χ0n) is 16.1. The molecule has 12 heteroatoms. The van der Waals surface area contributed by atoms with Crippen molar-refractivity contribution in [2.45, 2.75) is 17.9 Å². The van der Waals surface area contributed by atoms with Gasteiger partial charge in [0, 0.05) is 12.6 Å². The van der Waals surface area contributed by atoms with Gasteiger partial charge in [0.15, 0.2) is 0 Å². The second-order valence-electron chi connectivity index (χ2n) is 6.58. The van der Waals surface area contributed by atoms with E-state index in [9.17, 15) is 23.3 Å². The van der Waals surface area contributed by atoms with Crippen molar-refractivity contribution in [2.75, 3.05) is 22.7 Å². The van der Waals surface area contributed by atoms with E-state index in [1.54, 1.807) is 0 Å². The van der Waals surface area contributed by atoms with Gasteiger partial charge in [-0.25, -0.2) is 13.2 Å². The summed E-state index contributed by atoms with van der Waals surface area (Å²) < 4.78 is 33.7. The fourth-order valence-electron chi connectivity index (χ4n) is 2.98. The highest BCUT2D eigenvalue weighted by Crippen LogP contribution is 2.39. The predicted molar refractivity (Wildman–Crippen MR) is 112 cm³/mol. The molecule has 1 aliphatic rings. The molecule has 1 atom stereocenters. The quantitative estimate of drug-likeness (QED) is 0.614. The topological polar surface area (TPSA) is 149 Å². The van der Waals surface area contributed by atoms with Crippen LogP contribution in [0, 0.1) is 11.3 Å². The molecule has 1 unspecified atom stereocenters. The third kappa shape index (κ3) is 4.82. The Morgan fingerprint density at radius 3 is 2.71 bits per heavy atom. The summed E-state index contributed by atoms with van der Waals surface area (Å²) in [6, 6.07) is 9.78. The van der Waals surface area contributed by atoms with Crippen LogP contribution < -0.4 is 19.7 Å². The van der Waals surface area contributed by atoms with E-state index in [0.717, 1.165) is 10.4 Å². The van der Waals surface area contributed by atoms with Crippen LogP contribution in [-0.2, 0) is 14.8 Å². The number of ether oxygens (including phenoxy) is 1. The van der Waals surface area contributed by atoms with Crippen molar-refractivity contribution in [1.29, 1.82) is 5.26 Å². The number of hydrogen-bond acceptors (Lipinski definition) is 6. The number of nitrogens with zero attached hydrogens (tertiary/aromatic N) is 2. The number of nitrogens with one attached hydrogen (secondary N) is 2. The summed E-state index contributed by atoms with van der Waals surface area (Å²) >= 11 is 5.92. The van der Waals surface area contributed by atoms with Gasteiger partial charge in [-0.3, -0.25) is 14.4 Å². The number of halogens is 1. The molecule has 2 aromatic carbocycles. The van der Waals surface area contributed by atoms with Crippen molar-refractivity contribution in [2.24, 2.45) is 0 Å². The molecule has 0 spiro atoms. The van der Waals surface area contributed by atoms with E-state index in [1.165, 1.54) is 37.3 Å². The molecule has 2 aromatic rings. The third-order valence-corrected chi connectivity index (χ3v) is 6.47. The Kier molecular flexibility index (Phi) is 6.24. The molecule has 0 saturated carbocycles. The Balaban J connectivity index is 2.08. The van der Waals surface area contributed by atoms with Crippen LogP contribution >= 0.6 is 11.6 Å². The van der Waals surface area contributed by atoms with E-state index in [1.807, 2.05) is 6.07 Å². The van der Waals surface area contributed by atoms with Gasteiger partial charge in [0.1, 0.15) is 17.9 Å². The van der Waals surface area contributed by atoms with Gasteiger partial charge in [-0.2, -0.15) is 5.26 Å². The zero-order chi connectivity index (χ0) is 22.8. The number of hydrogen-bond donors (Lipinski definition) is 3. The first-order chi connectivity index (χ1) is 14.6. The van der Waals surface area contributed by atoms with Crippen LogP contribution in [0.15, 0.2) is 41.3 Å². The Hall–Kier alpha value is -3.49. The number of sulfonamides is 1. The number of rotatable bonds is 5. The highest BCUT2D eigenvalue weighted by Gasteiger charge is 2.35. The molecule has 10 nitrogen and oxygen atoms in total. The number of fused-ring (bicyclic) bond motifs is 1. The summed E-state index contributed by atoms with van der Waals surface area (Å²) in [4.78, 5) is 22.1. The molecular formula is C19H17ClN4O6S. The molecule has 0 fully saturated rings. The van der Waals surface area contributed by atoms with E-state index < -0.39 is 22.2 Å². The molecule has 2 amide bonds. The molecule has 1 heterocycles. The normalized spacial score (nSPS) is 15.3. The van der Waals surface area contributed by atoms with Crippen LogP contribution in [0.2, 0.25) is 5.02 Å². The minimum atomic E-state index is -4.19. The Labute approximate surface area is 183 Å². The number of carbonyl (C=O) groups excluding carboxylic acids is 1. The van der Waals surface area contributed by atoms with Gasteiger partial charge in [-0.15, -0.1) is 0 Å². The van der Waals surface area contributed by atoms with E-state index in [0.29, 0.717) is 0 Å². The van der Waals surface area contributed by atoms with E-state index in [-0.39, 0.29) is 51.6 Å². The van der Waals surface area contributed by atoms with Crippen LogP contribution in [0.25, 0.3) is 0 Å². The number of nitriles is 1. The van der Waals surface area contributed by atoms with Crippen molar-refractivity contribution in [3.8, 4) is 11.8 Å². The lowest BCUT2D eigenvalue weighted by molar-refractivity contribution is -0.119. The van der Waals surface area contributed by atoms with Gasteiger partial charge < -0.3 is 15.2 Å². The van der Waals surface area contributed by atoms with E-state index >= 15 is 0 Å². The molecule has 3 rings (SSSR count). The van der Waals surface area contributed by atoms with Crippen LogP contribution in [0.1, 0.15) is 12.5 Å². The van der Waals surface area contributed by atoms with Gasteiger partial charge in [0.25, 0.3) is 10.0 Å². The predicted octanol–water partition coefficient (Wildman–Crippen LogP) is 2.39. The van der Waals surface area contributed by atoms with Crippen molar-refractivity contribution in [3.05, 3.63) is 47.0 Å². The van der Waals surface area contributed by atoms with Crippen LogP contribution in [-0.4, -0.2) is 44.7 Å². The number of carbonyl (C=O) groups is 2. The fourth-order valence-corrected chi connectivity index (χ4v) is 4.67. The minimum absolute atomic E-state index is 0.00712. The lowest BCUT2D eigenvalue weighted by Crippen LogP contribution is -2.48. The van der Waals surface area contributed by atoms with Gasteiger partial charge in [-0.1, -0.05) is 11.6 Å². The average molecular weight is 465 g/mol. The maximum Gasteiger partial charge on any atom is 0.409 e. The second-order valence-corrected chi connectivity index (χ2v) is 8.85. The van der Waals surface area contributed by atoms with E-state index in [2.05, 4.69) is 10.6 Å².